The molecule has 9 nitrogen and oxygen atoms in total. The Labute approximate surface area is 196 Å². The summed E-state index contributed by atoms with van der Waals surface area (Å²) >= 11 is 0. The maximum absolute atomic E-state index is 12.9. The number of rotatable bonds is 4. The molecular weight excluding hydrogens is 444 g/mol. The van der Waals surface area contributed by atoms with E-state index in [2.05, 4.69) is 10.0 Å². The largest absolute Gasteiger partial charge is 0.372 e. The Morgan fingerprint density at radius 1 is 1.03 bits per heavy atom. The van der Waals surface area contributed by atoms with Gasteiger partial charge in [-0.15, -0.1) is 0 Å². The zero-order chi connectivity index (χ0) is 24.4. The van der Waals surface area contributed by atoms with Crippen molar-refractivity contribution in [1.29, 1.82) is 0 Å². The molecule has 2 atom stereocenters. The normalized spacial score (nSPS) is 22.8. The monoisotopic (exact) mass is 480 g/mol. The average Bonchev–Trinajstić information content (AvgIpc) is 2.72. The molecule has 0 spiro atoms. The summed E-state index contributed by atoms with van der Waals surface area (Å²) in [5.41, 5.74) is 1.07. The third-order valence-electron chi connectivity index (χ3n) is 5.98. The molecule has 2 heterocycles. The number of carbonyl (C=O) groups excluding carboxylic acids is 2. The number of sulfonamides is 1. The summed E-state index contributed by atoms with van der Waals surface area (Å²) in [7, 11) is -3.43. The van der Waals surface area contributed by atoms with Gasteiger partial charge in [0.05, 0.1) is 17.0 Å². The van der Waals surface area contributed by atoms with Gasteiger partial charge in [-0.25, -0.2) is 17.9 Å². The van der Waals surface area contributed by atoms with Crippen molar-refractivity contribution >= 4 is 27.6 Å². The Morgan fingerprint density at radius 2 is 1.64 bits per heavy atom. The van der Waals surface area contributed by atoms with Gasteiger partial charge in [-0.2, -0.15) is 0 Å². The number of amides is 3. The van der Waals surface area contributed by atoms with E-state index < -0.39 is 14.8 Å². The highest BCUT2D eigenvalue weighted by Crippen LogP contribution is 2.20. The Balaban J connectivity index is 1.56. The van der Waals surface area contributed by atoms with E-state index in [0.29, 0.717) is 50.3 Å². The van der Waals surface area contributed by atoms with Gasteiger partial charge in [0.2, 0.25) is 10.0 Å². The summed E-state index contributed by atoms with van der Waals surface area (Å²) in [6.07, 6.45) is 1.07. The number of urea groups is 1. The highest BCUT2D eigenvalue weighted by molar-refractivity contribution is 7.90. The number of piperidine rings is 1. The van der Waals surface area contributed by atoms with Gasteiger partial charge in [-0.3, -0.25) is 4.79 Å². The van der Waals surface area contributed by atoms with Crippen LogP contribution < -0.4 is 10.0 Å². The lowest BCUT2D eigenvalue weighted by molar-refractivity contribution is -0.0586. The van der Waals surface area contributed by atoms with Crippen molar-refractivity contribution in [2.45, 2.75) is 70.5 Å². The number of nitrogens with one attached hydrogen (secondary N) is 2. The Kier molecular flexibility index (Phi) is 7.70. The van der Waals surface area contributed by atoms with Gasteiger partial charge in [0.25, 0.3) is 5.91 Å². The molecule has 2 fully saturated rings. The molecule has 0 saturated carbocycles. The van der Waals surface area contributed by atoms with E-state index in [1.54, 1.807) is 54.8 Å². The Hall–Kier alpha value is -2.17. The van der Waals surface area contributed by atoms with Crippen LogP contribution in [0.1, 0.15) is 57.8 Å². The van der Waals surface area contributed by atoms with Gasteiger partial charge in [0.15, 0.2) is 0 Å². The fraction of sp³-hybridized carbons (Fsp3) is 0.652. The molecule has 0 bridgehead atoms. The Bertz CT molecular complexity index is 957. The van der Waals surface area contributed by atoms with Crippen molar-refractivity contribution in [1.82, 2.24) is 14.5 Å². The fourth-order valence-electron chi connectivity index (χ4n) is 4.06. The van der Waals surface area contributed by atoms with Gasteiger partial charge in [0.1, 0.15) is 0 Å². The van der Waals surface area contributed by atoms with E-state index in [4.69, 9.17) is 4.74 Å². The first-order valence-electron chi connectivity index (χ1n) is 11.5. The number of anilines is 1. The van der Waals surface area contributed by atoms with Crippen LogP contribution in [0.5, 0.6) is 0 Å². The first-order chi connectivity index (χ1) is 15.4. The lowest BCUT2D eigenvalue weighted by atomic mass is 10.1. The van der Waals surface area contributed by atoms with Crippen LogP contribution in [-0.2, 0) is 14.8 Å². The molecule has 3 amide bonds. The van der Waals surface area contributed by atoms with Gasteiger partial charge in [-0.05, 0) is 65.7 Å². The standard InChI is InChI=1S/C23H36N4O5S/c1-16-14-27(15-17(2)32-16)21(28)18-7-6-8-20(13-18)24-22(29)26-11-9-19(10-12-26)25-33(30,31)23(3,4)5/h6-8,13,16-17,19,25H,9-12,14-15H2,1-5H3,(H,24,29)/t16-,17+. The minimum absolute atomic E-state index is 0.0172. The van der Waals surface area contributed by atoms with E-state index in [1.807, 2.05) is 13.8 Å². The van der Waals surface area contributed by atoms with Gasteiger partial charge >= 0.3 is 6.03 Å². The van der Waals surface area contributed by atoms with Crippen LogP contribution in [-0.4, -0.2) is 79.3 Å². The van der Waals surface area contributed by atoms with E-state index in [1.165, 1.54) is 0 Å². The summed E-state index contributed by atoms with van der Waals surface area (Å²) < 4.78 is 32.3. The topological polar surface area (TPSA) is 108 Å². The number of benzene rings is 1. The molecule has 2 saturated heterocycles. The lowest BCUT2D eigenvalue weighted by Gasteiger charge is -2.35. The molecule has 2 aliphatic heterocycles. The Morgan fingerprint density at radius 3 is 2.21 bits per heavy atom. The lowest BCUT2D eigenvalue weighted by Crippen LogP contribution is -2.50. The van der Waals surface area contributed by atoms with Crippen LogP contribution in [0.4, 0.5) is 10.5 Å². The smallest absolute Gasteiger partial charge is 0.321 e. The predicted molar refractivity (Wildman–Crippen MR) is 128 cm³/mol. The molecule has 0 aliphatic carbocycles. The van der Waals surface area contributed by atoms with E-state index in [0.717, 1.165) is 0 Å². The van der Waals surface area contributed by atoms with Gasteiger partial charge in [0, 0.05) is 43.5 Å². The van der Waals surface area contributed by atoms with Crippen molar-refractivity contribution in [3.63, 3.8) is 0 Å². The van der Waals surface area contributed by atoms with Crippen LogP contribution in [0.2, 0.25) is 0 Å². The number of likely N-dealkylation sites (tertiary alicyclic amines) is 1. The number of nitrogens with zero attached hydrogens (tertiary/aromatic N) is 2. The van der Waals surface area contributed by atoms with E-state index in [9.17, 15) is 18.0 Å². The van der Waals surface area contributed by atoms with E-state index >= 15 is 0 Å². The highest BCUT2D eigenvalue weighted by atomic mass is 32.2. The van der Waals surface area contributed by atoms with Crippen molar-refractivity contribution in [3.8, 4) is 0 Å². The summed E-state index contributed by atoms with van der Waals surface area (Å²) in [4.78, 5) is 29.1. The summed E-state index contributed by atoms with van der Waals surface area (Å²) in [6.45, 7) is 10.9. The minimum atomic E-state index is -3.43. The first-order valence-corrected chi connectivity index (χ1v) is 13.0. The molecule has 10 heteroatoms. The fourth-order valence-corrected chi connectivity index (χ4v) is 5.08. The molecule has 0 unspecified atom stereocenters. The van der Waals surface area contributed by atoms with Gasteiger partial charge < -0.3 is 19.9 Å². The molecule has 0 radical (unpaired) electrons. The second-order valence-electron chi connectivity index (χ2n) is 9.97. The zero-order valence-corrected chi connectivity index (χ0v) is 20.9. The minimum Gasteiger partial charge on any atom is -0.372 e. The molecule has 1 aromatic carbocycles. The van der Waals surface area contributed by atoms with Gasteiger partial charge in [-0.1, -0.05) is 6.07 Å². The molecule has 33 heavy (non-hydrogen) atoms. The molecule has 3 rings (SSSR count). The highest BCUT2D eigenvalue weighted by Gasteiger charge is 2.33. The second-order valence-corrected chi connectivity index (χ2v) is 12.4. The quantitative estimate of drug-likeness (QED) is 0.689. The summed E-state index contributed by atoms with van der Waals surface area (Å²) in [6, 6.07) is 6.50. The first kappa shape index (κ1) is 25.5. The van der Waals surface area contributed by atoms with Crippen molar-refractivity contribution in [3.05, 3.63) is 29.8 Å². The third-order valence-corrected chi connectivity index (χ3v) is 8.23. The molecule has 2 aliphatic rings. The number of hydrogen-bond donors (Lipinski definition) is 2. The van der Waals surface area contributed by atoms with Crippen LogP contribution in [0.15, 0.2) is 24.3 Å². The average molecular weight is 481 g/mol. The SMILES string of the molecule is C[C@@H]1CN(C(=O)c2cccc(NC(=O)N3CCC(NS(=O)(=O)C(C)(C)C)CC3)c2)C[C@H](C)O1. The van der Waals surface area contributed by atoms with Crippen LogP contribution in [0.25, 0.3) is 0 Å². The molecule has 184 valence electrons. The van der Waals surface area contributed by atoms with E-state index in [-0.39, 0.29) is 30.2 Å². The van der Waals surface area contributed by atoms with Crippen LogP contribution >= 0.6 is 0 Å². The molecule has 2 N–H and O–H groups in total. The molecular formula is C23H36N4O5S. The predicted octanol–water partition coefficient (Wildman–Crippen LogP) is 2.65. The van der Waals surface area contributed by atoms with Crippen LogP contribution in [0.3, 0.4) is 0 Å². The van der Waals surface area contributed by atoms with Crippen molar-refractivity contribution < 1.29 is 22.7 Å². The van der Waals surface area contributed by atoms with Crippen molar-refractivity contribution in [2.75, 3.05) is 31.5 Å². The summed E-state index contributed by atoms with van der Waals surface area (Å²) in [5.74, 6) is -0.0833. The van der Waals surface area contributed by atoms with Crippen molar-refractivity contribution in [2.24, 2.45) is 0 Å². The molecule has 1 aromatic rings. The van der Waals surface area contributed by atoms with Crippen LogP contribution in [0, 0.1) is 0 Å². The molecule has 0 aromatic heterocycles. The number of carbonyl (C=O) groups is 2. The third kappa shape index (κ3) is 6.45. The number of ether oxygens (including phenoxy) is 1. The zero-order valence-electron chi connectivity index (χ0n) is 20.1. The maximum atomic E-state index is 12.9. The summed E-state index contributed by atoms with van der Waals surface area (Å²) in [5, 5.41) is 2.87. The number of morpholine rings is 1. The number of hydrogen-bond acceptors (Lipinski definition) is 5. The second kappa shape index (κ2) is 9.99. The maximum Gasteiger partial charge on any atom is 0.321 e.